The van der Waals surface area contributed by atoms with Crippen molar-refractivity contribution in [1.29, 1.82) is 0 Å². The Balaban J connectivity index is 1.88. The van der Waals surface area contributed by atoms with Crippen molar-refractivity contribution in [3.8, 4) is 0 Å². The normalized spacial score (nSPS) is 12.8. The molecule has 0 aliphatic rings. The molecule has 34 heavy (non-hydrogen) atoms. The van der Waals surface area contributed by atoms with E-state index in [-0.39, 0.29) is 22.9 Å². The zero-order chi connectivity index (χ0) is 25.1. The van der Waals surface area contributed by atoms with E-state index in [0.29, 0.717) is 16.3 Å². The number of amides is 1. The Morgan fingerprint density at radius 3 is 2.21 bits per heavy atom. The molecule has 0 unspecified atom stereocenters. The molecule has 0 spiro atoms. The van der Waals surface area contributed by atoms with Crippen LogP contribution in [0.4, 0.5) is 5.69 Å². The lowest BCUT2D eigenvalue weighted by atomic mass is 9.86. The molecule has 5 nitrogen and oxygen atoms in total. The molecule has 180 valence electrons. The number of nitrogens with zero attached hydrogens (tertiary/aromatic N) is 1. The standard InChI is InChI=1S/C27H31ClN2O3S/c1-19-11-16-23(28)17-25(19)30(34(32,33)24-9-7-6-8-10-24)18-26(31)29-20(2)21-12-14-22(15-13-21)27(3,4)5/h6-17,20H,18H2,1-5H3,(H,29,31)/t20-/m1/s1. The predicted octanol–water partition coefficient (Wildman–Crippen LogP) is 6.02. The molecule has 0 fully saturated rings. The van der Waals surface area contributed by atoms with Gasteiger partial charge in [0, 0.05) is 5.02 Å². The average molecular weight is 499 g/mol. The van der Waals surface area contributed by atoms with Gasteiger partial charge in [0.25, 0.3) is 10.0 Å². The van der Waals surface area contributed by atoms with Crippen molar-refractivity contribution >= 4 is 33.2 Å². The van der Waals surface area contributed by atoms with Gasteiger partial charge in [0.15, 0.2) is 0 Å². The second kappa shape index (κ2) is 10.2. The molecule has 1 amide bonds. The largest absolute Gasteiger partial charge is 0.348 e. The Bertz CT molecular complexity index is 1250. The Kier molecular flexibility index (Phi) is 7.74. The molecule has 3 aromatic rings. The molecule has 1 atom stereocenters. The average Bonchev–Trinajstić information content (AvgIpc) is 2.79. The molecule has 0 heterocycles. The molecule has 0 aliphatic carbocycles. The van der Waals surface area contributed by atoms with Gasteiger partial charge in [-0.3, -0.25) is 9.10 Å². The van der Waals surface area contributed by atoms with Crippen molar-refractivity contribution in [2.45, 2.75) is 51.0 Å². The number of hydrogen-bond donors (Lipinski definition) is 1. The van der Waals surface area contributed by atoms with Gasteiger partial charge in [0.05, 0.1) is 16.6 Å². The van der Waals surface area contributed by atoms with Crippen LogP contribution in [-0.4, -0.2) is 20.9 Å². The smallest absolute Gasteiger partial charge is 0.264 e. The van der Waals surface area contributed by atoms with Crippen LogP contribution < -0.4 is 9.62 Å². The number of rotatable bonds is 7. The molecule has 0 radical (unpaired) electrons. The minimum atomic E-state index is -4.00. The van der Waals surface area contributed by atoms with Crippen LogP contribution in [0.5, 0.6) is 0 Å². The van der Waals surface area contributed by atoms with Crippen molar-refractivity contribution in [3.05, 3.63) is 94.5 Å². The monoisotopic (exact) mass is 498 g/mol. The third kappa shape index (κ3) is 5.99. The van der Waals surface area contributed by atoms with E-state index < -0.39 is 15.9 Å². The van der Waals surface area contributed by atoms with E-state index in [0.717, 1.165) is 9.87 Å². The summed E-state index contributed by atoms with van der Waals surface area (Å²) in [4.78, 5) is 13.2. The Morgan fingerprint density at radius 2 is 1.62 bits per heavy atom. The van der Waals surface area contributed by atoms with Crippen LogP contribution in [0, 0.1) is 6.92 Å². The Hall–Kier alpha value is -2.83. The van der Waals surface area contributed by atoms with E-state index in [4.69, 9.17) is 11.6 Å². The number of benzene rings is 3. The first-order valence-electron chi connectivity index (χ1n) is 11.1. The molecular weight excluding hydrogens is 468 g/mol. The number of anilines is 1. The van der Waals surface area contributed by atoms with Gasteiger partial charge in [-0.25, -0.2) is 8.42 Å². The highest BCUT2D eigenvalue weighted by molar-refractivity contribution is 7.92. The summed E-state index contributed by atoms with van der Waals surface area (Å²) in [5.74, 6) is -0.411. The first-order chi connectivity index (χ1) is 15.9. The van der Waals surface area contributed by atoms with Gasteiger partial charge in [-0.1, -0.05) is 80.9 Å². The maximum Gasteiger partial charge on any atom is 0.264 e. The van der Waals surface area contributed by atoms with E-state index in [1.807, 2.05) is 19.1 Å². The minimum absolute atomic E-state index is 0.0339. The van der Waals surface area contributed by atoms with Gasteiger partial charge >= 0.3 is 0 Å². The highest BCUT2D eigenvalue weighted by atomic mass is 35.5. The molecule has 1 N–H and O–H groups in total. The zero-order valence-electron chi connectivity index (χ0n) is 20.2. The summed E-state index contributed by atoms with van der Waals surface area (Å²) in [5, 5.41) is 3.32. The van der Waals surface area contributed by atoms with Crippen molar-refractivity contribution in [1.82, 2.24) is 5.32 Å². The van der Waals surface area contributed by atoms with Crippen LogP contribution in [0.2, 0.25) is 5.02 Å². The number of nitrogens with one attached hydrogen (secondary N) is 1. The summed E-state index contributed by atoms with van der Waals surface area (Å²) < 4.78 is 28.2. The lowest BCUT2D eigenvalue weighted by Gasteiger charge is -2.27. The number of carbonyl (C=O) groups is 1. The van der Waals surface area contributed by atoms with Gasteiger partial charge in [-0.2, -0.15) is 0 Å². The summed E-state index contributed by atoms with van der Waals surface area (Å²) in [7, 11) is -4.00. The SMILES string of the molecule is Cc1ccc(Cl)cc1N(CC(=O)N[C@H](C)c1ccc(C(C)(C)C)cc1)S(=O)(=O)c1ccccc1. The molecule has 0 aliphatic heterocycles. The molecule has 3 aromatic carbocycles. The third-order valence-corrected chi connectivity index (χ3v) is 7.72. The summed E-state index contributed by atoms with van der Waals surface area (Å²) in [6.45, 7) is 9.73. The van der Waals surface area contributed by atoms with Crippen molar-refractivity contribution in [3.63, 3.8) is 0 Å². The quantitative estimate of drug-likeness (QED) is 0.433. The molecule has 0 aromatic heterocycles. The minimum Gasteiger partial charge on any atom is -0.348 e. The molecule has 0 saturated heterocycles. The zero-order valence-corrected chi connectivity index (χ0v) is 21.7. The topological polar surface area (TPSA) is 66.5 Å². The fraction of sp³-hybridized carbons (Fsp3) is 0.296. The van der Waals surface area contributed by atoms with Crippen molar-refractivity contribution in [2.75, 3.05) is 10.8 Å². The van der Waals surface area contributed by atoms with Gasteiger partial charge < -0.3 is 5.32 Å². The second-order valence-corrected chi connectivity index (χ2v) is 11.7. The summed E-state index contributed by atoms with van der Waals surface area (Å²) in [6, 6.07) is 20.9. The van der Waals surface area contributed by atoms with E-state index in [1.165, 1.54) is 17.7 Å². The lowest BCUT2D eigenvalue weighted by Crippen LogP contribution is -2.42. The maximum atomic E-state index is 13.5. The predicted molar refractivity (Wildman–Crippen MR) is 139 cm³/mol. The van der Waals surface area contributed by atoms with Gasteiger partial charge in [0.1, 0.15) is 6.54 Å². The van der Waals surface area contributed by atoms with Crippen LogP contribution in [0.1, 0.15) is 50.4 Å². The Labute approximate surface area is 207 Å². The summed E-state index contributed by atoms with van der Waals surface area (Å²) in [6.07, 6.45) is 0. The van der Waals surface area contributed by atoms with E-state index >= 15 is 0 Å². The number of halogens is 1. The van der Waals surface area contributed by atoms with Gasteiger partial charge in [-0.05, 0) is 60.2 Å². The molecule has 0 saturated carbocycles. The lowest BCUT2D eigenvalue weighted by molar-refractivity contribution is -0.120. The maximum absolute atomic E-state index is 13.5. The van der Waals surface area contributed by atoms with Gasteiger partial charge in [0.2, 0.25) is 5.91 Å². The molecule has 0 bridgehead atoms. The fourth-order valence-electron chi connectivity index (χ4n) is 3.64. The van der Waals surface area contributed by atoms with Crippen molar-refractivity contribution < 1.29 is 13.2 Å². The van der Waals surface area contributed by atoms with Crippen molar-refractivity contribution in [2.24, 2.45) is 0 Å². The van der Waals surface area contributed by atoms with Crippen LogP contribution in [0.25, 0.3) is 0 Å². The highest BCUT2D eigenvalue weighted by Gasteiger charge is 2.29. The van der Waals surface area contributed by atoms with E-state index in [1.54, 1.807) is 43.3 Å². The van der Waals surface area contributed by atoms with Crippen LogP contribution in [0.3, 0.4) is 0 Å². The number of sulfonamides is 1. The van der Waals surface area contributed by atoms with Crippen LogP contribution >= 0.6 is 11.6 Å². The van der Waals surface area contributed by atoms with Crippen LogP contribution in [0.15, 0.2) is 77.7 Å². The van der Waals surface area contributed by atoms with Gasteiger partial charge in [-0.15, -0.1) is 0 Å². The fourth-order valence-corrected chi connectivity index (χ4v) is 5.31. The van der Waals surface area contributed by atoms with E-state index in [9.17, 15) is 13.2 Å². The highest BCUT2D eigenvalue weighted by Crippen LogP contribution is 2.30. The number of aryl methyl sites for hydroxylation is 1. The Morgan fingerprint density at radius 1 is 1.00 bits per heavy atom. The molecular formula is C27H31ClN2O3S. The van der Waals surface area contributed by atoms with E-state index in [2.05, 4.69) is 38.2 Å². The molecule has 7 heteroatoms. The number of carbonyl (C=O) groups excluding carboxylic acids is 1. The third-order valence-electron chi connectivity index (χ3n) is 5.71. The summed E-state index contributed by atoms with van der Waals surface area (Å²) >= 11 is 6.18. The molecule has 3 rings (SSSR count). The first kappa shape index (κ1) is 25.8. The van der Waals surface area contributed by atoms with Crippen LogP contribution in [-0.2, 0) is 20.2 Å². The summed E-state index contributed by atoms with van der Waals surface area (Å²) in [5.41, 5.74) is 3.24. The second-order valence-electron chi connectivity index (χ2n) is 9.42. The number of hydrogen-bond acceptors (Lipinski definition) is 3. The first-order valence-corrected chi connectivity index (χ1v) is 12.9.